The summed E-state index contributed by atoms with van der Waals surface area (Å²) in [6.45, 7) is 2.94. The third kappa shape index (κ3) is 5.55. The Labute approximate surface area is 164 Å². The van der Waals surface area contributed by atoms with E-state index in [1.807, 2.05) is 25.1 Å². The summed E-state index contributed by atoms with van der Waals surface area (Å²) in [5.74, 6) is -0.365. The van der Waals surface area contributed by atoms with Gasteiger partial charge >= 0.3 is 5.97 Å². The standard InChI is InChI=1S/C17H18BrNO4S2/c1-2-8-23-13-6-5-12(18)9-11(13)10-14-16(22)19(17(24)25-14)7-3-4-15(20)21/h5-6,9-10H,2-4,7-8H2,1H3,(H,20,21)/b14-10+. The van der Waals surface area contributed by atoms with Crippen molar-refractivity contribution in [3.63, 3.8) is 0 Å². The summed E-state index contributed by atoms with van der Waals surface area (Å²) in [7, 11) is 0. The first-order chi connectivity index (χ1) is 11.9. The number of carbonyl (C=O) groups excluding carboxylic acids is 1. The van der Waals surface area contributed by atoms with Crippen molar-refractivity contribution in [1.29, 1.82) is 0 Å². The van der Waals surface area contributed by atoms with E-state index in [1.54, 1.807) is 6.08 Å². The summed E-state index contributed by atoms with van der Waals surface area (Å²) in [6, 6.07) is 5.64. The van der Waals surface area contributed by atoms with Gasteiger partial charge in [-0.1, -0.05) is 46.8 Å². The second-order valence-corrected chi connectivity index (χ2v) is 7.95. The predicted molar refractivity (Wildman–Crippen MR) is 107 cm³/mol. The van der Waals surface area contributed by atoms with Crippen LogP contribution in [0, 0.1) is 0 Å². The van der Waals surface area contributed by atoms with E-state index in [-0.39, 0.29) is 12.3 Å². The van der Waals surface area contributed by atoms with Crippen LogP contribution < -0.4 is 4.74 Å². The Bertz CT molecular complexity index is 721. The molecule has 1 aliphatic heterocycles. The number of carbonyl (C=O) groups is 2. The van der Waals surface area contributed by atoms with E-state index in [0.717, 1.165) is 16.5 Å². The summed E-state index contributed by atoms with van der Waals surface area (Å²) in [5.41, 5.74) is 0.800. The third-order valence-electron chi connectivity index (χ3n) is 3.37. The van der Waals surface area contributed by atoms with Gasteiger partial charge in [-0.25, -0.2) is 0 Å². The van der Waals surface area contributed by atoms with Crippen LogP contribution in [0.2, 0.25) is 0 Å². The molecule has 0 bridgehead atoms. The highest BCUT2D eigenvalue weighted by Gasteiger charge is 2.31. The molecular weight excluding hydrogens is 426 g/mol. The van der Waals surface area contributed by atoms with Crippen molar-refractivity contribution >= 4 is 62.2 Å². The highest BCUT2D eigenvalue weighted by atomic mass is 79.9. The quantitative estimate of drug-likeness (QED) is 0.476. The second-order valence-electron chi connectivity index (χ2n) is 5.36. The number of amides is 1. The smallest absolute Gasteiger partial charge is 0.303 e. The molecule has 0 aliphatic carbocycles. The van der Waals surface area contributed by atoms with Crippen LogP contribution in [0.3, 0.4) is 0 Å². The van der Waals surface area contributed by atoms with Crippen molar-refractivity contribution in [3.05, 3.63) is 33.1 Å². The molecule has 1 N–H and O–H groups in total. The number of thiocarbonyl (C=S) groups is 1. The summed E-state index contributed by atoms with van der Waals surface area (Å²) in [6.07, 6.45) is 3.04. The summed E-state index contributed by atoms with van der Waals surface area (Å²) in [4.78, 5) is 25.2. The Morgan fingerprint density at radius 1 is 1.48 bits per heavy atom. The average molecular weight is 444 g/mol. The molecule has 1 aromatic carbocycles. The average Bonchev–Trinajstić information content (AvgIpc) is 2.81. The molecule has 0 radical (unpaired) electrons. The summed E-state index contributed by atoms with van der Waals surface area (Å²) < 4.78 is 7.07. The van der Waals surface area contributed by atoms with Gasteiger partial charge in [0.1, 0.15) is 10.1 Å². The summed E-state index contributed by atoms with van der Waals surface area (Å²) in [5, 5.41) is 8.72. The van der Waals surface area contributed by atoms with Gasteiger partial charge in [0.05, 0.1) is 11.5 Å². The molecule has 0 aromatic heterocycles. The Hall–Kier alpha value is -1.38. The van der Waals surface area contributed by atoms with Crippen LogP contribution in [0.15, 0.2) is 27.6 Å². The molecule has 1 amide bonds. The molecule has 1 fully saturated rings. The van der Waals surface area contributed by atoms with E-state index in [2.05, 4.69) is 15.9 Å². The lowest BCUT2D eigenvalue weighted by molar-refractivity contribution is -0.137. The number of benzene rings is 1. The lowest BCUT2D eigenvalue weighted by Crippen LogP contribution is -2.29. The van der Waals surface area contributed by atoms with E-state index < -0.39 is 5.97 Å². The van der Waals surface area contributed by atoms with Crippen LogP contribution in [-0.4, -0.2) is 39.4 Å². The predicted octanol–water partition coefficient (Wildman–Crippen LogP) is 4.30. The zero-order valence-electron chi connectivity index (χ0n) is 13.7. The monoisotopic (exact) mass is 443 g/mol. The van der Waals surface area contributed by atoms with Gasteiger partial charge in [-0.2, -0.15) is 0 Å². The molecule has 1 saturated heterocycles. The Morgan fingerprint density at radius 2 is 2.24 bits per heavy atom. The zero-order chi connectivity index (χ0) is 18.4. The van der Waals surface area contributed by atoms with E-state index in [9.17, 15) is 9.59 Å². The molecule has 0 unspecified atom stereocenters. The maximum atomic E-state index is 12.6. The largest absolute Gasteiger partial charge is 0.493 e. The molecule has 0 spiro atoms. The Morgan fingerprint density at radius 3 is 2.92 bits per heavy atom. The number of aliphatic carboxylic acids is 1. The van der Waals surface area contributed by atoms with Gasteiger partial charge in [-0.15, -0.1) is 0 Å². The minimum atomic E-state index is -0.882. The van der Waals surface area contributed by atoms with Crippen LogP contribution in [0.1, 0.15) is 31.7 Å². The SMILES string of the molecule is CCCOc1ccc(Br)cc1/C=C1/SC(=S)N(CCCC(=O)O)C1=O. The fourth-order valence-electron chi connectivity index (χ4n) is 2.20. The first-order valence-electron chi connectivity index (χ1n) is 7.82. The Kier molecular flexibility index (Phi) is 7.46. The first kappa shape index (κ1) is 19.9. The molecular formula is C17H18BrNO4S2. The van der Waals surface area contributed by atoms with Gasteiger partial charge in [0.25, 0.3) is 5.91 Å². The molecule has 5 nitrogen and oxygen atoms in total. The van der Waals surface area contributed by atoms with Gasteiger partial charge in [0.2, 0.25) is 0 Å². The van der Waals surface area contributed by atoms with E-state index in [4.69, 9.17) is 22.1 Å². The Balaban J connectivity index is 2.18. The number of ether oxygens (including phenoxy) is 1. The van der Waals surface area contributed by atoms with Gasteiger partial charge in [0.15, 0.2) is 0 Å². The van der Waals surface area contributed by atoms with Crippen molar-refractivity contribution < 1.29 is 19.4 Å². The number of nitrogens with zero attached hydrogens (tertiary/aromatic N) is 1. The number of carboxylic acids is 1. The normalized spacial score (nSPS) is 15.9. The number of carboxylic acid groups (broad SMARTS) is 1. The van der Waals surface area contributed by atoms with Crippen LogP contribution in [0.25, 0.3) is 6.08 Å². The fourth-order valence-corrected chi connectivity index (χ4v) is 3.88. The number of hydrogen-bond acceptors (Lipinski definition) is 5. The van der Waals surface area contributed by atoms with E-state index >= 15 is 0 Å². The van der Waals surface area contributed by atoms with Crippen molar-refractivity contribution in [1.82, 2.24) is 4.90 Å². The van der Waals surface area contributed by atoms with Gasteiger partial charge in [-0.05, 0) is 37.1 Å². The topological polar surface area (TPSA) is 66.8 Å². The minimum Gasteiger partial charge on any atom is -0.493 e. The highest BCUT2D eigenvalue weighted by molar-refractivity contribution is 9.10. The molecule has 134 valence electrons. The molecule has 8 heteroatoms. The highest BCUT2D eigenvalue weighted by Crippen LogP contribution is 2.35. The van der Waals surface area contributed by atoms with Gasteiger partial charge < -0.3 is 9.84 Å². The lowest BCUT2D eigenvalue weighted by Gasteiger charge is -2.13. The summed E-state index contributed by atoms with van der Waals surface area (Å²) >= 11 is 9.91. The van der Waals surface area contributed by atoms with Crippen molar-refractivity contribution in [2.45, 2.75) is 26.2 Å². The van der Waals surface area contributed by atoms with Crippen LogP contribution in [-0.2, 0) is 9.59 Å². The lowest BCUT2D eigenvalue weighted by atomic mass is 10.2. The molecule has 1 aliphatic rings. The molecule has 1 heterocycles. The van der Waals surface area contributed by atoms with Crippen molar-refractivity contribution in [2.75, 3.05) is 13.2 Å². The molecule has 0 saturated carbocycles. The zero-order valence-corrected chi connectivity index (χ0v) is 16.9. The van der Waals surface area contributed by atoms with Gasteiger partial charge in [0, 0.05) is 23.0 Å². The van der Waals surface area contributed by atoms with Gasteiger partial charge in [-0.3, -0.25) is 14.5 Å². The maximum absolute atomic E-state index is 12.6. The van der Waals surface area contributed by atoms with Crippen LogP contribution in [0.4, 0.5) is 0 Å². The first-order valence-corrected chi connectivity index (χ1v) is 9.83. The number of halogens is 1. The molecule has 2 rings (SSSR count). The molecule has 1 aromatic rings. The number of thioether (sulfide) groups is 1. The van der Waals surface area contributed by atoms with Crippen LogP contribution >= 0.6 is 39.9 Å². The number of rotatable bonds is 8. The second kappa shape index (κ2) is 9.35. The molecule has 25 heavy (non-hydrogen) atoms. The maximum Gasteiger partial charge on any atom is 0.303 e. The van der Waals surface area contributed by atoms with E-state index in [1.165, 1.54) is 16.7 Å². The fraction of sp³-hybridized carbons (Fsp3) is 0.353. The van der Waals surface area contributed by atoms with Crippen LogP contribution in [0.5, 0.6) is 5.75 Å². The molecule has 0 atom stereocenters. The number of hydrogen-bond donors (Lipinski definition) is 1. The minimum absolute atomic E-state index is 0.0107. The van der Waals surface area contributed by atoms with Crippen molar-refractivity contribution in [3.8, 4) is 5.75 Å². The van der Waals surface area contributed by atoms with E-state index in [0.29, 0.717) is 34.5 Å². The van der Waals surface area contributed by atoms with Crippen molar-refractivity contribution in [2.24, 2.45) is 0 Å². The third-order valence-corrected chi connectivity index (χ3v) is 5.24.